The second kappa shape index (κ2) is 9.84. The molecular formula is C28H25N5O3S. The third-order valence-corrected chi connectivity index (χ3v) is 7.92. The molecule has 1 unspecified atom stereocenters. The van der Waals surface area contributed by atoms with Crippen molar-refractivity contribution in [1.82, 2.24) is 25.5 Å². The highest BCUT2D eigenvalue weighted by Gasteiger charge is 2.39. The Hall–Kier alpha value is -3.95. The van der Waals surface area contributed by atoms with Gasteiger partial charge in [-0.25, -0.2) is 4.98 Å². The summed E-state index contributed by atoms with van der Waals surface area (Å²) in [5, 5.41) is 6.97. The third kappa shape index (κ3) is 4.75. The summed E-state index contributed by atoms with van der Waals surface area (Å²) < 4.78 is 1.22. The lowest BCUT2D eigenvalue weighted by Gasteiger charge is -2.29. The number of rotatable bonds is 7. The molecule has 4 aromatic rings. The predicted octanol–water partition coefficient (Wildman–Crippen LogP) is 3.45. The lowest BCUT2D eigenvalue weighted by molar-refractivity contribution is -0.136. The number of hydrogen-bond acceptors (Lipinski definition) is 7. The summed E-state index contributed by atoms with van der Waals surface area (Å²) in [7, 11) is 0. The molecule has 8 nitrogen and oxygen atoms in total. The molecule has 0 radical (unpaired) electrons. The van der Waals surface area contributed by atoms with Crippen molar-refractivity contribution in [2.45, 2.75) is 38.4 Å². The molecule has 6 rings (SSSR count). The van der Waals surface area contributed by atoms with Crippen LogP contribution in [0.15, 0.2) is 60.8 Å². The zero-order valence-corrected chi connectivity index (χ0v) is 20.9. The van der Waals surface area contributed by atoms with Crippen molar-refractivity contribution < 1.29 is 14.4 Å². The Balaban J connectivity index is 1.10. The quantitative estimate of drug-likeness (QED) is 0.291. The highest BCUT2D eigenvalue weighted by atomic mass is 32.1. The number of carbonyl (C=O) groups is 3. The molecular weight excluding hydrogens is 486 g/mol. The fourth-order valence-electron chi connectivity index (χ4n) is 4.93. The molecule has 186 valence electrons. The summed E-state index contributed by atoms with van der Waals surface area (Å²) in [6, 6.07) is 17.3. The Morgan fingerprint density at radius 2 is 1.97 bits per heavy atom. The van der Waals surface area contributed by atoms with Crippen LogP contribution >= 0.6 is 11.3 Å². The summed E-state index contributed by atoms with van der Waals surface area (Å²) in [6.45, 7) is 1.89. The first-order chi connectivity index (χ1) is 18.0. The van der Waals surface area contributed by atoms with E-state index in [0.29, 0.717) is 25.1 Å². The maximum absolute atomic E-state index is 13.0. The van der Waals surface area contributed by atoms with Gasteiger partial charge in [0, 0.05) is 49.8 Å². The Morgan fingerprint density at radius 3 is 2.84 bits per heavy atom. The van der Waals surface area contributed by atoms with Gasteiger partial charge in [-0.2, -0.15) is 0 Å². The highest BCUT2D eigenvalue weighted by molar-refractivity contribution is 7.18. The van der Waals surface area contributed by atoms with Crippen LogP contribution in [-0.2, 0) is 29.1 Å². The van der Waals surface area contributed by atoms with Crippen LogP contribution in [-0.4, -0.2) is 45.2 Å². The van der Waals surface area contributed by atoms with Gasteiger partial charge in [0.2, 0.25) is 11.8 Å². The smallest absolute Gasteiger partial charge is 0.255 e. The van der Waals surface area contributed by atoms with Gasteiger partial charge in [0.15, 0.2) is 0 Å². The standard InChI is InChI=1S/C28H25N5O3S/c34-25-8-7-23(27(35)32-25)33-16-19-14-18(5-6-20(19)28(33)36)22-13-17(9-12-30-22)15-29-11-10-26-31-21-3-1-2-4-24(21)37-26/h1-6,9,12-14,23,29H,7-8,10-11,15-16H2,(H,32,34,35). The third-order valence-electron chi connectivity index (χ3n) is 6.83. The Bertz CT molecular complexity index is 1500. The van der Waals surface area contributed by atoms with Gasteiger partial charge in [-0.15, -0.1) is 11.3 Å². The molecule has 2 aliphatic rings. The van der Waals surface area contributed by atoms with Crippen molar-refractivity contribution in [3.8, 4) is 11.3 Å². The minimum atomic E-state index is -0.614. The molecule has 37 heavy (non-hydrogen) atoms. The van der Waals surface area contributed by atoms with Crippen molar-refractivity contribution in [1.29, 1.82) is 0 Å². The number of nitrogens with zero attached hydrogens (tertiary/aromatic N) is 3. The number of fused-ring (bicyclic) bond motifs is 2. The first-order valence-electron chi connectivity index (χ1n) is 12.3. The van der Waals surface area contributed by atoms with Crippen molar-refractivity contribution in [3.63, 3.8) is 0 Å². The van der Waals surface area contributed by atoms with Gasteiger partial charge in [0.1, 0.15) is 6.04 Å². The topological polar surface area (TPSA) is 104 Å². The van der Waals surface area contributed by atoms with Crippen molar-refractivity contribution in [2.24, 2.45) is 0 Å². The summed E-state index contributed by atoms with van der Waals surface area (Å²) >= 11 is 1.74. The highest BCUT2D eigenvalue weighted by Crippen LogP contribution is 2.31. The van der Waals surface area contributed by atoms with Gasteiger partial charge < -0.3 is 10.2 Å². The van der Waals surface area contributed by atoms with Crippen LogP contribution in [0.4, 0.5) is 0 Å². The fraction of sp³-hybridized carbons (Fsp3) is 0.250. The van der Waals surface area contributed by atoms with Crippen LogP contribution in [0.2, 0.25) is 0 Å². The number of carbonyl (C=O) groups excluding carboxylic acids is 3. The number of para-hydroxylation sites is 1. The van der Waals surface area contributed by atoms with Gasteiger partial charge in [0.25, 0.3) is 5.91 Å². The predicted molar refractivity (Wildman–Crippen MR) is 141 cm³/mol. The molecule has 1 atom stereocenters. The molecule has 0 saturated carbocycles. The first-order valence-corrected chi connectivity index (χ1v) is 13.1. The minimum Gasteiger partial charge on any atom is -0.322 e. The number of nitrogens with one attached hydrogen (secondary N) is 2. The van der Waals surface area contributed by atoms with E-state index in [4.69, 9.17) is 4.98 Å². The molecule has 1 saturated heterocycles. The van der Waals surface area contributed by atoms with Crippen LogP contribution in [0.25, 0.3) is 21.5 Å². The first kappa shape index (κ1) is 23.4. The van der Waals surface area contributed by atoms with Gasteiger partial charge in [-0.05, 0) is 53.9 Å². The van der Waals surface area contributed by atoms with Crippen LogP contribution in [0.5, 0.6) is 0 Å². The summed E-state index contributed by atoms with van der Waals surface area (Å²) in [6.07, 6.45) is 3.27. The maximum Gasteiger partial charge on any atom is 0.255 e. The van der Waals surface area contributed by atoms with E-state index < -0.39 is 11.9 Å². The molecule has 9 heteroatoms. The van der Waals surface area contributed by atoms with Crippen molar-refractivity contribution >= 4 is 39.3 Å². The molecule has 2 aliphatic heterocycles. The van der Waals surface area contributed by atoms with E-state index in [2.05, 4.69) is 27.8 Å². The van der Waals surface area contributed by atoms with E-state index >= 15 is 0 Å². The molecule has 0 spiro atoms. The van der Waals surface area contributed by atoms with E-state index in [1.807, 2.05) is 42.5 Å². The molecule has 2 N–H and O–H groups in total. The molecule has 1 fully saturated rings. The molecule has 2 aromatic carbocycles. The number of amides is 3. The lowest BCUT2D eigenvalue weighted by atomic mass is 10.0. The number of piperidine rings is 1. The van der Waals surface area contributed by atoms with Crippen molar-refractivity contribution in [3.05, 3.63) is 82.5 Å². The van der Waals surface area contributed by atoms with E-state index in [-0.39, 0.29) is 18.2 Å². The molecule has 2 aromatic heterocycles. The summed E-state index contributed by atoms with van der Waals surface area (Å²) in [4.78, 5) is 47.6. The molecule has 0 aliphatic carbocycles. The monoisotopic (exact) mass is 511 g/mol. The average Bonchev–Trinajstić information content (AvgIpc) is 3.47. The maximum atomic E-state index is 13.0. The van der Waals surface area contributed by atoms with E-state index in [1.54, 1.807) is 22.4 Å². The average molecular weight is 512 g/mol. The zero-order valence-electron chi connectivity index (χ0n) is 20.1. The largest absolute Gasteiger partial charge is 0.322 e. The van der Waals surface area contributed by atoms with E-state index in [9.17, 15) is 14.4 Å². The van der Waals surface area contributed by atoms with Crippen LogP contribution in [0.3, 0.4) is 0 Å². The van der Waals surface area contributed by atoms with E-state index in [1.165, 1.54) is 4.70 Å². The van der Waals surface area contributed by atoms with Crippen LogP contribution in [0, 0.1) is 0 Å². The lowest BCUT2D eigenvalue weighted by Crippen LogP contribution is -2.52. The van der Waals surface area contributed by atoms with Gasteiger partial charge in [-0.1, -0.05) is 18.2 Å². The number of thiazole rings is 1. The number of imide groups is 1. The number of aromatic nitrogens is 2. The van der Waals surface area contributed by atoms with Crippen LogP contribution in [0.1, 0.15) is 39.3 Å². The molecule has 0 bridgehead atoms. The van der Waals surface area contributed by atoms with Crippen LogP contribution < -0.4 is 10.6 Å². The Morgan fingerprint density at radius 1 is 1.08 bits per heavy atom. The van der Waals surface area contributed by atoms with E-state index in [0.717, 1.165) is 45.9 Å². The second-order valence-corrected chi connectivity index (χ2v) is 10.4. The number of hydrogen-bond donors (Lipinski definition) is 2. The number of pyridine rings is 1. The van der Waals surface area contributed by atoms with Gasteiger partial charge in [0.05, 0.1) is 20.9 Å². The van der Waals surface area contributed by atoms with Gasteiger partial charge in [-0.3, -0.25) is 24.7 Å². The summed E-state index contributed by atoms with van der Waals surface area (Å²) in [5.74, 6) is -0.859. The SMILES string of the molecule is O=C1CCC(N2Cc3cc(-c4cc(CNCCc5nc6ccccc6s5)ccn4)ccc3C2=O)C(=O)N1. The normalized spacial score (nSPS) is 17.4. The molecule has 3 amide bonds. The van der Waals surface area contributed by atoms with Crippen molar-refractivity contribution in [2.75, 3.05) is 6.54 Å². The minimum absolute atomic E-state index is 0.171. The fourth-order valence-corrected chi connectivity index (χ4v) is 5.90. The number of benzene rings is 2. The second-order valence-electron chi connectivity index (χ2n) is 9.32. The zero-order chi connectivity index (χ0) is 25.4. The summed E-state index contributed by atoms with van der Waals surface area (Å²) in [5.41, 5.74) is 5.40. The molecule has 4 heterocycles. The Kier molecular flexibility index (Phi) is 6.23. The van der Waals surface area contributed by atoms with Gasteiger partial charge >= 0.3 is 0 Å². The Labute approximate surface area is 217 Å².